The van der Waals surface area contributed by atoms with Gasteiger partial charge < -0.3 is 15.4 Å². The predicted molar refractivity (Wildman–Crippen MR) is 92.4 cm³/mol. The Morgan fingerprint density at radius 1 is 1.32 bits per heavy atom. The summed E-state index contributed by atoms with van der Waals surface area (Å²) < 4.78 is 4.81. The molecule has 7 heteroatoms. The maximum Gasteiger partial charge on any atom is 0.310 e. The van der Waals surface area contributed by atoms with Gasteiger partial charge in [-0.25, -0.2) is 0 Å². The molecule has 130 valence electrons. The molecule has 25 heavy (non-hydrogen) atoms. The van der Waals surface area contributed by atoms with Crippen LogP contribution in [-0.4, -0.2) is 40.6 Å². The quantitative estimate of drug-likeness (QED) is 0.835. The molecule has 1 aliphatic heterocycles. The first-order chi connectivity index (χ1) is 12.0. The monoisotopic (exact) mass is 340 g/mol. The summed E-state index contributed by atoms with van der Waals surface area (Å²) in [4.78, 5) is 26.2. The second-order valence-corrected chi connectivity index (χ2v) is 6.03. The smallest absolute Gasteiger partial charge is 0.310 e. The van der Waals surface area contributed by atoms with Gasteiger partial charge in [0.05, 0.1) is 18.7 Å². The van der Waals surface area contributed by atoms with Crippen molar-refractivity contribution in [2.75, 3.05) is 19.4 Å². The van der Waals surface area contributed by atoms with Gasteiger partial charge in [-0.3, -0.25) is 9.59 Å². The van der Waals surface area contributed by atoms with E-state index in [0.717, 1.165) is 11.1 Å². The summed E-state index contributed by atoms with van der Waals surface area (Å²) in [6.45, 7) is 2.76. The van der Waals surface area contributed by atoms with E-state index in [2.05, 4.69) is 10.2 Å². The highest BCUT2D eigenvalue weighted by Crippen LogP contribution is 2.28. The maximum atomic E-state index is 12.7. The normalized spacial score (nSPS) is 14.3. The third kappa shape index (κ3) is 3.31. The highest BCUT2D eigenvalue weighted by atomic mass is 16.5. The second kappa shape index (κ2) is 6.88. The van der Waals surface area contributed by atoms with Crippen LogP contribution in [0.1, 0.15) is 29.3 Å². The molecule has 1 aromatic heterocycles. The third-order valence-electron chi connectivity index (χ3n) is 4.44. The SMILES string of the molecule is CC[C@@H](CN1Cc2ccc(-c3ccc(N)nn3)cc2C1=O)C(=O)OC. The van der Waals surface area contributed by atoms with Gasteiger partial charge in [-0.05, 0) is 30.2 Å². The van der Waals surface area contributed by atoms with Gasteiger partial charge >= 0.3 is 5.97 Å². The van der Waals surface area contributed by atoms with Crippen LogP contribution in [0.15, 0.2) is 30.3 Å². The predicted octanol–water partition coefficient (Wildman–Crippen LogP) is 1.88. The largest absolute Gasteiger partial charge is 0.469 e. The minimum absolute atomic E-state index is 0.0809. The number of benzene rings is 1. The molecule has 0 saturated heterocycles. The molecule has 1 aromatic carbocycles. The van der Waals surface area contributed by atoms with E-state index in [1.165, 1.54) is 7.11 Å². The Bertz CT molecular complexity index is 804. The van der Waals surface area contributed by atoms with E-state index in [0.29, 0.717) is 36.6 Å². The summed E-state index contributed by atoms with van der Waals surface area (Å²) in [5.41, 5.74) is 8.60. The number of anilines is 1. The van der Waals surface area contributed by atoms with Crippen LogP contribution < -0.4 is 5.73 Å². The molecular weight excluding hydrogens is 320 g/mol. The highest BCUT2D eigenvalue weighted by molar-refractivity contribution is 5.99. The molecule has 0 unspecified atom stereocenters. The van der Waals surface area contributed by atoms with Crippen LogP contribution in [0, 0.1) is 5.92 Å². The van der Waals surface area contributed by atoms with Crippen molar-refractivity contribution >= 4 is 17.7 Å². The van der Waals surface area contributed by atoms with Crippen molar-refractivity contribution in [1.29, 1.82) is 0 Å². The lowest BCUT2D eigenvalue weighted by atomic mass is 10.0. The molecule has 0 bridgehead atoms. The van der Waals surface area contributed by atoms with Crippen LogP contribution in [0.2, 0.25) is 0 Å². The minimum Gasteiger partial charge on any atom is -0.469 e. The van der Waals surface area contributed by atoms with E-state index in [1.54, 1.807) is 17.0 Å². The molecular formula is C18H20N4O3. The van der Waals surface area contributed by atoms with E-state index in [-0.39, 0.29) is 17.8 Å². The van der Waals surface area contributed by atoms with Crippen molar-refractivity contribution < 1.29 is 14.3 Å². The summed E-state index contributed by atoms with van der Waals surface area (Å²) in [7, 11) is 1.37. The molecule has 2 aromatic rings. The maximum absolute atomic E-state index is 12.7. The number of ether oxygens (including phenoxy) is 1. The number of nitrogen functional groups attached to an aromatic ring is 1. The second-order valence-electron chi connectivity index (χ2n) is 6.03. The fourth-order valence-corrected chi connectivity index (χ4v) is 2.97. The van der Waals surface area contributed by atoms with E-state index in [1.807, 2.05) is 25.1 Å². The number of esters is 1. The number of methoxy groups -OCH3 is 1. The van der Waals surface area contributed by atoms with Crippen molar-refractivity contribution in [3.05, 3.63) is 41.5 Å². The molecule has 2 N–H and O–H groups in total. The van der Waals surface area contributed by atoms with Gasteiger partial charge in [-0.2, -0.15) is 0 Å². The Labute approximate surface area is 145 Å². The zero-order chi connectivity index (χ0) is 18.0. The lowest BCUT2D eigenvalue weighted by molar-refractivity contribution is -0.146. The van der Waals surface area contributed by atoms with Gasteiger partial charge in [0.15, 0.2) is 0 Å². The van der Waals surface area contributed by atoms with Gasteiger partial charge in [-0.15, -0.1) is 10.2 Å². The van der Waals surface area contributed by atoms with E-state index in [9.17, 15) is 9.59 Å². The van der Waals surface area contributed by atoms with Crippen LogP contribution >= 0.6 is 0 Å². The summed E-state index contributed by atoms with van der Waals surface area (Å²) in [5, 5.41) is 7.90. The molecule has 3 rings (SSSR count). The standard InChI is InChI=1S/C18H20N4O3/c1-3-11(18(24)25-2)9-22-10-13-5-4-12(8-14(13)17(22)23)15-6-7-16(19)21-20-15/h4-8,11H,3,9-10H2,1-2H3,(H2,19,21)/t11-/m0/s1. The van der Waals surface area contributed by atoms with Crippen molar-refractivity contribution in [1.82, 2.24) is 15.1 Å². The van der Waals surface area contributed by atoms with Crippen molar-refractivity contribution in [2.24, 2.45) is 5.92 Å². The zero-order valence-electron chi connectivity index (χ0n) is 14.2. The highest BCUT2D eigenvalue weighted by Gasteiger charge is 2.31. The Morgan fingerprint density at radius 2 is 2.12 bits per heavy atom. The Balaban J connectivity index is 1.82. The van der Waals surface area contributed by atoms with E-state index < -0.39 is 0 Å². The fourth-order valence-electron chi connectivity index (χ4n) is 2.97. The van der Waals surface area contributed by atoms with Crippen LogP contribution in [0.3, 0.4) is 0 Å². The topological polar surface area (TPSA) is 98.4 Å². The average molecular weight is 340 g/mol. The van der Waals surface area contributed by atoms with Crippen molar-refractivity contribution in [2.45, 2.75) is 19.9 Å². The lowest BCUT2D eigenvalue weighted by Crippen LogP contribution is -2.33. The van der Waals surface area contributed by atoms with Gasteiger partial charge in [0.1, 0.15) is 5.82 Å². The first-order valence-electron chi connectivity index (χ1n) is 8.13. The minimum atomic E-state index is -0.314. The number of hydrogen-bond donors (Lipinski definition) is 1. The number of carbonyl (C=O) groups excluding carboxylic acids is 2. The zero-order valence-corrected chi connectivity index (χ0v) is 14.2. The molecule has 1 aliphatic rings. The molecule has 0 fully saturated rings. The Morgan fingerprint density at radius 3 is 2.76 bits per heavy atom. The lowest BCUT2D eigenvalue weighted by Gasteiger charge is -2.20. The number of rotatable bonds is 5. The van der Waals surface area contributed by atoms with Crippen LogP contribution in [0.5, 0.6) is 0 Å². The summed E-state index contributed by atoms with van der Waals surface area (Å²) in [6.07, 6.45) is 0.624. The molecule has 1 amide bonds. The molecule has 7 nitrogen and oxygen atoms in total. The first kappa shape index (κ1) is 16.9. The number of aromatic nitrogens is 2. The Kier molecular flexibility index (Phi) is 4.65. The van der Waals surface area contributed by atoms with Gasteiger partial charge in [-0.1, -0.05) is 19.1 Å². The summed E-state index contributed by atoms with van der Waals surface area (Å²) in [5.74, 6) is -0.335. The molecule has 0 saturated carbocycles. The van der Waals surface area contributed by atoms with Gasteiger partial charge in [0.25, 0.3) is 5.91 Å². The van der Waals surface area contributed by atoms with Gasteiger partial charge in [0, 0.05) is 24.2 Å². The number of amides is 1. The third-order valence-corrected chi connectivity index (χ3v) is 4.44. The molecule has 2 heterocycles. The van der Waals surface area contributed by atoms with Crippen LogP contribution in [-0.2, 0) is 16.1 Å². The molecule has 0 radical (unpaired) electrons. The average Bonchev–Trinajstić information content (AvgIpc) is 2.95. The number of fused-ring (bicyclic) bond motifs is 1. The summed E-state index contributed by atoms with van der Waals surface area (Å²) >= 11 is 0. The van der Waals surface area contributed by atoms with Crippen LogP contribution in [0.25, 0.3) is 11.3 Å². The number of carbonyl (C=O) groups is 2. The van der Waals surface area contributed by atoms with Crippen molar-refractivity contribution in [3.63, 3.8) is 0 Å². The van der Waals surface area contributed by atoms with Crippen molar-refractivity contribution in [3.8, 4) is 11.3 Å². The Hall–Kier alpha value is -2.96. The summed E-state index contributed by atoms with van der Waals surface area (Å²) in [6, 6.07) is 9.08. The number of nitrogens with two attached hydrogens (primary N) is 1. The van der Waals surface area contributed by atoms with Gasteiger partial charge in [0.2, 0.25) is 0 Å². The number of nitrogens with zero attached hydrogens (tertiary/aromatic N) is 3. The molecule has 1 atom stereocenters. The first-order valence-corrected chi connectivity index (χ1v) is 8.13. The molecule has 0 spiro atoms. The number of hydrogen-bond acceptors (Lipinski definition) is 6. The molecule has 0 aliphatic carbocycles. The van der Waals surface area contributed by atoms with E-state index >= 15 is 0 Å². The van der Waals surface area contributed by atoms with E-state index in [4.69, 9.17) is 10.5 Å². The fraction of sp³-hybridized carbons (Fsp3) is 0.333. The van der Waals surface area contributed by atoms with Crippen LogP contribution in [0.4, 0.5) is 5.82 Å².